The molecule has 0 radical (unpaired) electrons. The van der Waals surface area contributed by atoms with E-state index in [1.54, 1.807) is 4.90 Å². The van der Waals surface area contributed by atoms with Gasteiger partial charge in [0.2, 0.25) is 0 Å². The van der Waals surface area contributed by atoms with Gasteiger partial charge in [-0.05, 0) is 35.6 Å². The van der Waals surface area contributed by atoms with Crippen LogP contribution in [-0.2, 0) is 34.0 Å². The highest BCUT2D eigenvalue weighted by Gasteiger charge is 2.43. The molecule has 1 heterocycles. The van der Waals surface area contributed by atoms with Crippen LogP contribution in [0.2, 0.25) is 0 Å². The van der Waals surface area contributed by atoms with E-state index in [2.05, 4.69) is 10.0 Å². The van der Waals surface area contributed by atoms with E-state index in [1.165, 1.54) is 0 Å². The summed E-state index contributed by atoms with van der Waals surface area (Å²) in [6.07, 6.45) is -2.85. The number of hydrogen-bond donors (Lipinski definition) is 1. The first kappa shape index (κ1) is 27.2. The number of ether oxygens (including phenoxy) is 3. The molecule has 3 aromatic carbocycles. The molecule has 4 rings (SSSR count). The molecule has 1 N–H and O–H groups in total. The monoisotopic (exact) mass is 516 g/mol. The minimum Gasteiger partial charge on any atom is -0.445 e. The lowest BCUT2D eigenvalue weighted by Crippen LogP contribution is -2.57. The van der Waals surface area contributed by atoms with Gasteiger partial charge >= 0.3 is 6.09 Å². The number of aliphatic hydroxyl groups excluding tert-OH is 1. The van der Waals surface area contributed by atoms with Crippen molar-refractivity contribution in [2.45, 2.75) is 63.7 Å². The Labute approximate surface area is 222 Å². The quantitative estimate of drug-likeness (QED) is 0.214. The summed E-state index contributed by atoms with van der Waals surface area (Å²) in [4.78, 5) is 17.9. The molecule has 1 aliphatic heterocycles. The van der Waals surface area contributed by atoms with Gasteiger partial charge in [-0.3, -0.25) is 4.90 Å². The van der Waals surface area contributed by atoms with Crippen molar-refractivity contribution >= 4 is 6.09 Å². The largest absolute Gasteiger partial charge is 0.445 e. The molecule has 1 fully saturated rings. The molecule has 0 bridgehead atoms. The van der Waals surface area contributed by atoms with Gasteiger partial charge in [-0.25, -0.2) is 4.79 Å². The Kier molecular flexibility index (Phi) is 9.72. The van der Waals surface area contributed by atoms with Crippen molar-refractivity contribution in [3.8, 4) is 0 Å². The molecule has 9 heteroatoms. The number of benzene rings is 3. The summed E-state index contributed by atoms with van der Waals surface area (Å²) in [6.45, 7) is 2.54. The summed E-state index contributed by atoms with van der Waals surface area (Å²) in [5.74, 6) is 0. The second kappa shape index (κ2) is 13.6. The molecule has 3 aromatic rings. The first-order valence-corrected chi connectivity index (χ1v) is 12.6. The van der Waals surface area contributed by atoms with E-state index in [-0.39, 0.29) is 19.6 Å². The predicted molar refractivity (Wildman–Crippen MR) is 142 cm³/mol. The lowest BCUT2D eigenvalue weighted by Gasteiger charge is -2.43. The average molecular weight is 517 g/mol. The molecular weight excluding hydrogens is 484 g/mol. The second-order valence-corrected chi connectivity index (χ2v) is 9.23. The summed E-state index contributed by atoms with van der Waals surface area (Å²) >= 11 is 0. The number of carbonyl (C=O) groups excluding carboxylic acids is 1. The lowest BCUT2D eigenvalue weighted by atomic mass is 9.95. The normalized spacial score (nSPS) is 21.6. The van der Waals surface area contributed by atoms with Crippen molar-refractivity contribution in [3.63, 3.8) is 0 Å². The van der Waals surface area contributed by atoms with Crippen LogP contribution in [-0.4, -0.2) is 46.7 Å². The predicted octanol–water partition coefficient (Wildman–Crippen LogP) is 5.59. The van der Waals surface area contributed by atoms with Crippen LogP contribution in [0.3, 0.4) is 0 Å². The van der Waals surface area contributed by atoms with Crippen LogP contribution in [0.1, 0.15) is 30.0 Å². The minimum absolute atomic E-state index is 0.124. The Morgan fingerprint density at radius 2 is 1.55 bits per heavy atom. The molecule has 1 saturated heterocycles. The maximum absolute atomic E-state index is 13.4. The zero-order chi connectivity index (χ0) is 26.7. The van der Waals surface area contributed by atoms with E-state index in [4.69, 9.17) is 19.7 Å². The van der Waals surface area contributed by atoms with E-state index in [1.807, 2.05) is 97.9 Å². The molecule has 5 atom stereocenters. The van der Waals surface area contributed by atoms with Gasteiger partial charge in [0.1, 0.15) is 12.7 Å². The lowest BCUT2D eigenvalue weighted by molar-refractivity contribution is -0.232. The van der Waals surface area contributed by atoms with Crippen molar-refractivity contribution in [2.24, 2.45) is 5.11 Å². The first-order valence-electron chi connectivity index (χ1n) is 12.6. The average Bonchev–Trinajstić information content (AvgIpc) is 2.96. The van der Waals surface area contributed by atoms with E-state index >= 15 is 0 Å². The first-order chi connectivity index (χ1) is 18.5. The number of aliphatic hydroxyl groups is 1. The van der Waals surface area contributed by atoms with Gasteiger partial charge in [-0.1, -0.05) is 96.1 Å². The van der Waals surface area contributed by atoms with Gasteiger partial charge in [-0.15, -0.1) is 0 Å². The summed E-state index contributed by atoms with van der Waals surface area (Å²) in [5, 5.41) is 14.3. The fourth-order valence-corrected chi connectivity index (χ4v) is 4.50. The number of rotatable bonds is 10. The molecule has 1 unspecified atom stereocenters. The minimum atomic E-state index is -1.33. The number of carbonyl (C=O) groups is 1. The summed E-state index contributed by atoms with van der Waals surface area (Å²) in [5.41, 5.74) is 11.7. The fraction of sp³-hybridized carbons (Fsp3) is 0.345. The third kappa shape index (κ3) is 7.34. The number of amides is 1. The van der Waals surface area contributed by atoms with Gasteiger partial charge < -0.3 is 19.3 Å². The second-order valence-electron chi connectivity index (χ2n) is 9.23. The Bertz CT molecular complexity index is 1190. The number of hydrogen-bond acceptors (Lipinski definition) is 6. The molecule has 1 amide bonds. The van der Waals surface area contributed by atoms with E-state index in [0.717, 1.165) is 16.7 Å². The fourth-order valence-electron chi connectivity index (χ4n) is 4.50. The highest BCUT2D eigenvalue weighted by atomic mass is 16.6. The van der Waals surface area contributed by atoms with Crippen molar-refractivity contribution in [1.82, 2.24) is 4.90 Å². The smallest absolute Gasteiger partial charge is 0.410 e. The van der Waals surface area contributed by atoms with Gasteiger partial charge in [-0.2, -0.15) is 0 Å². The molecule has 38 heavy (non-hydrogen) atoms. The van der Waals surface area contributed by atoms with Crippen molar-refractivity contribution in [2.75, 3.05) is 0 Å². The number of nitrogens with zero attached hydrogens (tertiary/aromatic N) is 4. The molecule has 0 aliphatic carbocycles. The van der Waals surface area contributed by atoms with Crippen LogP contribution in [0.15, 0.2) is 96.1 Å². The SMILES string of the molecule is C[C@H]([C@H]1OC(O)[C@H](N=[N+]=[N-])C[C@@H]1OCc1ccccc1)N(Cc1ccccc1)C(=O)OCc1ccccc1. The molecule has 0 spiro atoms. The van der Waals surface area contributed by atoms with Crippen molar-refractivity contribution < 1.29 is 24.1 Å². The third-order valence-corrected chi connectivity index (χ3v) is 6.58. The van der Waals surface area contributed by atoms with Crippen LogP contribution in [0, 0.1) is 0 Å². The number of azide groups is 1. The van der Waals surface area contributed by atoms with Crippen molar-refractivity contribution in [3.05, 3.63) is 118 Å². The standard InChI is InChI=1S/C29H32N4O5/c1-21(27-26(17-25(31-32-30)28(34)38-27)36-19-23-13-7-3-8-14-23)33(18-22-11-5-2-6-12-22)29(35)37-20-24-15-9-4-10-16-24/h2-16,21,25-28,34H,17-20H2,1H3/t21-,25-,26+,27-,28?/m1/s1. The van der Waals surface area contributed by atoms with E-state index in [0.29, 0.717) is 6.61 Å². The van der Waals surface area contributed by atoms with Crippen LogP contribution < -0.4 is 0 Å². The summed E-state index contributed by atoms with van der Waals surface area (Å²) < 4.78 is 17.9. The Hall–Kier alpha value is -3.88. The Morgan fingerprint density at radius 1 is 1.00 bits per heavy atom. The Morgan fingerprint density at radius 3 is 2.13 bits per heavy atom. The van der Waals surface area contributed by atoms with E-state index in [9.17, 15) is 9.90 Å². The highest BCUT2D eigenvalue weighted by molar-refractivity contribution is 5.68. The Balaban J connectivity index is 1.56. The third-order valence-electron chi connectivity index (χ3n) is 6.58. The van der Waals surface area contributed by atoms with Gasteiger partial charge in [0.15, 0.2) is 6.29 Å². The zero-order valence-corrected chi connectivity index (χ0v) is 21.2. The highest BCUT2D eigenvalue weighted by Crippen LogP contribution is 2.30. The topological polar surface area (TPSA) is 117 Å². The van der Waals surface area contributed by atoms with Crippen LogP contribution in [0.5, 0.6) is 0 Å². The maximum atomic E-state index is 13.4. The molecule has 9 nitrogen and oxygen atoms in total. The zero-order valence-electron chi connectivity index (χ0n) is 21.2. The van der Waals surface area contributed by atoms with Gasteiger partial charge in [0, 0.05) is 11.5 Å². The molecule has 0 aromatic heterocycles. The van der Waals surface area contributed by atoms with Gasteiger partial charge in [0.05, 0.1) is 24.8 Å². The van der Waals surface area contributed by atoms with Crippen LogP contribution >= 0.6 is 0 Å². The molecule has 198 valence electrons. The van der Waals surface area contributed by atoms with E-state index < -0.39 is 36.7 Å². The van der Waals surface area contributed by atoms with Crippen molar-refractivity contribution in [1.29, 1.82) is 0 Å². The molecular formula is C29H32N4O5. The maximum Gasteiger partial charge on any atom is 0.410 e. The summed E-state index contributed by atoms with van der Waals surface area (Å²) in [7, 11) is 0. The van der Waals surface area contributed by atoms with Crippen LogP contribution in [0.4, 0.5) is 4.79 Å². The van der Waals surface area contributed by atoms with Gasteiger partial charge in [0.25, 0.3) is 0 Å². The van der Waals surface area contributed by atoms with Crippen LogP contribution in [0.25, 0.3) is 10.4 Å². The summed E-state index contributed by atoms with van der Waals surface area (Å²) in [6, 6.07) is 27.4. The molecule has 1 aliphatic rings. The molecule has 0 saturated carbocycles.